The molecular formula is C37H66BN5O14. The lowest BCUT2D eigenvalue weighted by atomic mass is 10.0. The van der Waals surface area contributed by atoms with E-state index < -0.39 is 30.0 Å². The SMILES string of the molecule is [B]N[C@@H](CCCCNC(=O)COCCOCCNC(=O)COCCOCCNC(=O)CC[C@H](NC(=O)CCCCCCCCCCCCC(=O)O)C(=O)O)C(=O)O. The molecule has 20 heteroatoms. The van der Waals surface area contributed by atoms with Crippen LogP contribution in [-0.4, -0.2) is 149 Å². The van der Waals surface area contributed by atoms with Crippen molar-refractivity contribution in [2.75, 3.05) is 72.5 Å². The van der Waals surface area contributed by atoms with Crippen molar-refractivity contribution >= 4 is 49.5 Å². The van der Waals surface area contributed by atoms with E-state index in [4.69, 9.17) is 37.1 Å². The molecule has 2 atom stereocenters. The van der Waals surface area contributed by atoms with Gasteiger partial charge in [-0.15, -0.1) is 0 Å². The lowest BCUT2D eigenvalue weighted by Crippen LogP contribution is -2.41. The largest absolute Gasteiger partial charge is 0.481 e. The smallest absolute Gasteiger partial charge is 0.326 e. The Kier molecular flexibility index (Phi) is 35.2. The fourth-order valence-corrected chi connectivity index (χ4v) is 5.24. The second-order valence-electron chi connectivity index (χ2n) is 13.4. The fourth-order valence-electron chi connectivity index (χ4n) is 5.24. The van der Waals surface area contributed by atoms with Crippen LogP contribution in [0.5, 0.6) is 0 Å². The zero-order valence-electron chi connectivity index (χ0n) is 33.4. The van der Waals surface area contributed by atoms with Crippen LogP contribution in [-0.2, 0) is 52.5 Å². The molecule has 0 aromatic heterocycles. The molecule has 4 amide bonds. The van der Waals surface area contributed by atoms with Crippen LogP contribution in [0.4, 0.5) is 0 Å². The topological polar surface area (TPSA) is 277 Å². The van der Waals surface area contributed by atoms with Crippen molar-refractivity contribution in [1.29, 1.82) is 0 Å². The molecule has 8 N–H and O–H groups in total. The van der Waals surface area contributed by atoms with Gasteiger partial charge >= 0.3 is 17.9 Å². The highest BCUT2D eigenvalue weighted by molar-refractivity contribution is 6.06. The molecule has 0 saturated carbocycles. The van der Waals surface area contributed by atoms with Crippen LogP contribution in [0.15, 0.2) is 0 Å². The first-order valence-corrected chi connectivity index (χ1v) is 20.0. The highest BCUT2D eigenvalue weighted by Crippen LogP contribution is 2.12. The predicted molar refractivity (Wildman–Crippen MR) is 208 cm³/mol. The van der Waals surface area contributed by atoms with Crippen molar-refractivity contribution in [3.05, 3.63) is 0 Å². The van der Waals surface area contributed by atoms with Gasteiger partial charge in [-0.05, 0) is 38.5 Å². The van der Waals surface area contributed by atoms with E-state index in [2.05, 4.69) is 26.5 Å². The third kappa shape index (κ3) is 36.3. The average Bonchev–Trinajstić information content (AvgIpc) is 3.16. The summed E-state index contributed by atoms with van der Waals surface area (Å²) >= 11 is 0. The Balaban J connectivity index is 3.67. The Morgan fingerprint density at radius 3 is 1.39 bits per heavy atom. The number of carbonyl (C=O) groups is 7. The Morgan fingerprint density at radius 1 is 0.439 bits per heavy atom. The van der Waals surface area contributed by atoms with Gasteiger partial charge in [-0.1, -0.05) is 51.4 Å². The van der Waals surface area contributed by atoms with Crippen molar-refractivity contribution in [2.24, 2.45) is 0 Å². The summed E-state index contributed by atoms with van der Waals surface area (Å²) in [5.41, 5.74) is 0. The zero-order chi connectivity index (χ0) is 42.4. The van der Waals surface area contributed by atoms with Crippen molar-refractivity contribution in [2.45, 2.75) is 121 Å². The Hall–Kier alpha value is -3.85. The van der Waals surface area contributed by atoms with Gasteiger partial charge in [0.2, 0.25) is 23.6 Å². The van der Waals surface area contributed by atoms with Gasteiger partial charge in [0, 0.05) is 38.9 Å². The van der Waals surface area contributed by atoms with Gasteiger partial charge in [0.1, 0.15) is 19.3 Å². The first kappa shape index (κ1) is 53.2. The third-order valence-electron chi connectivity index (χ3n) is 8.43. The number of amides is 4. The van der Waals surface area contributed by atoms with E-state index in [1.165, 1.54) is 0 Å². The van der Waals surface area contributed by atoms with Gasteiger partial charge in [-0.2, -0.15) is 0 Å². The van der Waals surface area contributed by atoms with E-state index in [-0.39, 0.29) is 115 Å². The molecular weight excluding hydrogens is 749 g/mol. The molecule has 0 bridgehead atoms. The highest BCUT2D eigenvalue weighted by atomic mass is 16.5. The minimum absolute atomic E-state index is 0.0433. The number of hydrogen-bond acceptors (Lipinski definition) is 12. The minimum Gasteiger partial charge on any atom is -0.481 e. The molecule has 0 heterocycles. The summed E-state index contributed by atoms with van der Waals surface area (Å²) in [6, 6.07) is -1.98. The van der Waals surface area contributed by atoms with E-state index in [0.29, 0.717) is 32.2 Å². The third-order valence-corrected chi connectivity index (χ3v) is 8.43. The van der Waals surface area contributed by atoms with Crippen molar-refractivity contribution in [1.82, 2.24) is 26.5 Å². The van der Waals surface area contributed by atoms with Crippen LogP contribution < -0.4 is 26.5 Å². The molecule has 0 unspecified atom stereocenters. The van der Waals surface area contributed by atoms with Crippen molar-refractivity contribution < 1.29 is 67.8 Å². The van der Waals surface area contributed by atoms with E-state index in [9.17, 15) is 38.7 Å². The zero-order valence-corrected chi connectivity index (χ0v) is 33.4. The van der Waals surface area contributed by atoms with Gasteiger partial charge in [0.15, 0.2) is 7.98 Å². The molecule has 0 aliphatic rings. The quantitative estimate of drug-likeness (QED) is 0.0313. The standard InChI is InChI=1S/C37H66BN5O14/c38-43-30(37(52)53)13-11-12-18-39-33(46)27-56-25-24-55-22-20-41-34(47)28-57-26-23-54-21-19-40-31(44)17-16-29(36(50)51)42-32(45)14-9-7-5-3-1-2-4-6-8-10-15-35(48)49/h29-30,43H,1-28H2,(H,39,46)(H,40,44)(H,41,47)(H,42,45)(H,48,49)(H,50,51)(H,52,53)/t29-,30-/m0/s1. The number of carboxylic acids is 3. The highest BCUT2D eigenvalue weighted by Gasteiger charge is 2.21. The van der Waals surface area contributed by atoms with Crippen LogP contribution in [0.3, 0.4) is 0 Å². The molecule has 2 radical (unpaired) electrons. The maximum Gasteiger partial charge on any atom is 0.326 e. The monoisotopic (exact) mass is 815 g/mol. The summed E-state index contributed by atoms with van der Waals surface area (Å²) in [6.07, 6.45) is 11.5. The number of nitrogens with one attached hydrogen (secondary N) is 5. The molecule has 326 valence electrons. The van der Waals surface area contributed by atoms with E-state index in [1.54, 1.807) is 0 Å². The number of rotatable bonds is 41. The summed E-state index contributed by atoms with van der Waals surface area (Å²) in [6.45, 7) is 1.71. The maximum atomic E-state index is 12.2. The van der Waals surface area contributed by atoms with E-state index in [1.807, 2.05) is 0 Å². The molecule has 57 heavy (non-hydrogen) atoms. The molecule has 0 saturated heterocycles. The van der Waals surface area contributed by atoms with Crippen LogP contribution in [0.25, 0.3) is 0 Å². The molecule has 0 fully saturated rings. The Morgan fingerprint density at radius 2 is 0.895 bits per heavy atom. The molecule has 19 nitrogen and oxygen atoms in total. The van der Waals surface area contributed by atoms with Crippen molar-refractivity contribution in [3.63, 3.8) is 0 Å². The molecule has 0 spiro atoms. The Labute approximate surface area is 337 Å². The summed E-state index contributed by atoms with van der Waals surface area (Å²) in [4.78, 5) is 81.0. The van der Waals surface area contributed by atoms with Gasteiger partial charge in [-0.3, -0.25) is 28.8 Å². The fraction of sp³-hybridized carbons (Fsp3) is 0.811. The lowest BCUT2D eigenvalue weighted by molar-refractivity contribution is -0.142. The number of aliphatic carboxylic acids is 3. The summed E-state index contributed by atoms with van der Waals surface area (Å²) in [5, 5.41) is 39.7. The number of unbranched alkanes of at least 4 members (excludes halogenated alkanes) is 10. The number of carboxylic acid groups (broad SMARTS) is 3. The number of hydrogen-bond donors (Lipinski definition) is 8. The van der Waals surface area contributed by atoms with Crippen LogP contribution in [0, 0.1) is 0 Å². The molecule has 0 rings (SSSR count). The van der Waals surface area contributed by atoms with Crippen LogP contribution in [0.2, 0.25) is 0 Å². The molecule has 0 aromatic carbocycles. The second kappa shape index (κ2) is 37.7. The van der Waals surface area contributed by atoms with E-state index in [0.717, 1.165) is 57.8 Å². The predicted octanol–water partition coefficient (Wildman–Crippen LogP) is 0.813. The summed E-state index contributed by atoms with van der Waals surface area (Å²) in [5.74, 6) is -4.33. The average molecular weight is 816 g/mol. The van der Waals surface area contributed by atoms with Crippen LogP contribution in [0.1, 0.15) is 109 Å². The van der Waals surface area contributed by atoms with Gasteiger partial charge < -0.3 is 60.8 Å². The summed E-state index contributed by atoms with van der Waals surface area (Å²) < 4.78 is 21.2. The van der Waals surface area contributed by atoms with Crippen molar-refractivity contribution in [3.8, 4) is 0 Å². The molecule has 0 aliphatic carbocycles. The van der Waals surface area contributed by atoms with Gasteiger partial charge in [-0.25, -0.2) is 4.79 Å². The summed E-state index contributed by atoms with van der Waals surface area (Å²) in [7, 11) is 5.16. The lowest BCUT2D eigenvalue weighted by Gasteiger charge is -2.14. The van der Waals surface area contributed by atoms with E-state index >= 15 is 0 Å². The molecule has 0 aromatic rings. The maximum absolute atomic E-state index is 12.2. The Bertz CT molecular complexity index is 1140. The normalized spacial score (nSPS) is 12.0. The van der Waals surface area contributed by atoms with Crippen LogP contribution >= 0.6 is 0 Å². The number of ether oxygens (including phenoxy) is 4. The number of carbonyl (C=O) groups excluding carboxylic acids is 4. The first-order valence-electron chi connectivity index (χ1n) is 20.0. The van der Waals surface area contributed by atoms with Gasteiger partial charge in [0.25, 0.3) is 0 Å². The van der Waals surface area contributed by atoms with Gasteiger partial charge in [0.05, 0.1) is 45.7 Å². The second-order valence-corrected chi connectivity index (χ2v) is 13.4. The molecule has 0 aliphatic heterocycles. The minimum atomic E-state index is -1.20. The first-order chi connectivity index (χ1) is 27.5.